The molecule has 0 bridgehead atoms. The summed E-state index contributed by atoms with van der Waals surface area (Å²) in [6, 6.07) is 9.49. The van der Waals surface area contributed by atoms with Crippen molar-refractivity contribution in [3.8, 4) is 0 Å². The Bertz CT molecular complexity index is 1180. The van der Waals surface area contributed by atoms with E-state index in [1.165, 1.54) is 24.3 Å². The van der Waals surface area contributed by atoms with Gasteiger partial charge in [-0.15, -0.1) is 0 Å². The van der Waals surface area contributed by atoms with E-state index in [4.69, 9.17) is 4.52 Å². The van der Waals surface area contributed by atoms with Gasteiger partial charge in [-0.05, 0) is 47.9 Å². The van der Waals surface area contributed by atoms with Crippen molar-refractivity contribution in [2.75, 3.05) is 6.54 Å². The number of amides is 1. The summed E-state index contributed by atoms with van der Waals surface area (Å²) in [4.78, 5) is 15.3. The van der Waals surface area contributed by atoms with Crippen LogP contribution in [0.4, 0.5) is 13.2 Å². The van der Waals surface area contributed by atoms with Crippen molar-refractivity contribution < 1.29 is 22.5 Å². The molecule has 8 heteroatoms. The van der Waals surface area contributed by atoms with Crippen molar-refractivity contribution in [1.82, 2.24) is 15.5 Å². The number of carbonyl (C=O) groups excluding carboxylic acids is 1. The molecule has 0 aliphatic rings. The number of hydrogen-bond acceptors (Lipinski definition) is 3. The number of rotatable bonds is 6. The quantitative estimate of drug-likeness (QED) is 0.512. The van der Waals surface area contributed by atoms with Gasteiger partial charge in [-0.1, -0.05) is 11.2 Å². The maximum absolute atomic E-state index is 13.4. The number of aromatic amines is 1. The number of nitrogens with one attached hydrogen (secondary N) is 2. The van der Waals surface area contributed by atoms with Gasteiger partial charge < -0.3 is 14.8 Å². The highest BCUT2D eigenvalue weighted by Gasteiger charge is 2.14. The summed E-state index contributed by atoms with van der Waals surface area (Å²) in [6.45, 7) is 0.327. The highest BCUT2D eigenvalue weighted by atomic mass is 19.2. The monoisotopic (exact) mass is 399 g/mol. The lowest BCUT2D eigenvalue weighted by Crippen LogP contribution is -2.25. The molecule has 0 aliphatic heterocycles. The topological polar surface area (TPSA) is 70.9 Å². The largest absolute Gasteiger partial charge is 0.361 e. The minimum atomic E-state index is -0.947. The van der Waals surface area contributed by atoms with Crippen LogP contribution in [-0.4, -0.2) is 22.6 Å². The van der Waals surface area contributed by atoms with Gasteiger partial charge in [-0.3, -0.25) is 4.79 Å². The minimum Gasteiger partial charge on any atom is -0.361 e. The third-order valence-corrected chi connectivity index (χ3v) is 4.56. The van der Waals surface area contributed by atoms with E-state index < -0.39 is 17.5 Å². The first kappa shape index (κ1) is 18.8. The smallest absolute Gasteiger partial charge is 0.273 e. The number of nitrogens with zero attached hydrogens (tertiary/aromatic N) is 1. The van der Waals surface area contributed by atoms with Crippen LogP contribution < -0.4 is 5.32 Å². The van der Waals surface area contributed by atoms with E-state index in [1.807, 2.05) is 0 Å². The summed E-state index contributed by atoms with van der Waals surface area (Å²) in [5, 5.41) is 7.22. The molecule has 0 saturated heterocycles. The number of H-pyrrole nitrogens is 1. The maximum atomic E-state index is 13.4. The lowest BCUT2D eigenvalue weighted by atomic mass is 10.1. The van der Waals surface area contributed by atoms with Crippen LogP contribution in [0.5, 0.6) is 0 Å². The predicted octanol–water partition coefficient (Wildman–Crippen LogP) is 4.14. The molecule has 4 aromatic rings. The van der Waals surface area contributed by atoms with Crippen LogP contribution in [0.3, 0.4) is 0 Å². The molecule has 148 valence electrons. The van der Waals surface area contributed by atoms with E-state index in [0.717, 1.165) is 28.6 Å². The lowest BCUT2D eigenvalue weighted by Gasteiger charge is -2.02. The normalized spacial score (nSPS) is 11.1. The first-order valence-corrected chi connectivity index (χ1v) is 8.93. The van der Waals surface area contributed by atoms with Crippen LogP contribution in [0.1, 0.15) is 27.4 Å². The standard InChI is InChI=1S/C21H16F3N3O2/c22-14-2-4-19-16(9-14)13(11-26-19)5-6-25-21(28)20-10-15(29-27-20)7-12-1-3-17(23)18(24)8-12/h1-4,8-11,26H,5-7H2,(H,25,28). The average Bonchev–Trinajstić information content (AvgIpc) is 3.32. The molecular weight excluding hydrogens is 383 g/mol. The highest BCUT2D eigenvalue weighted by Crippen LogP contribution is 2.19. The SMILES string of the molecule is O=C(NCCc1c[nH]c2ccc(F)cc12)c1cc(Cc2ccc(F)c(F)c2)on1. The third-order valence-electron chi connectivity index (χ3n) is 4.56. The Balaban J connectivity index is 1.35. The predicted molar refractivity (Wildman–Crippen MR) is 100.0 cm³/mol. The van der Waals surface area contributed by atoms with Crippen LogP contribution in [0.2, 0.25) is 0 Å². The molecule has 29 heavy (non-hydrogen) atoms. The second-order valence-corrected chi connectivity index (χ2v) is 6.61. The second-order valence-electron chi connectivity index (χ2n) is 6.61. The first-order valence-electron chi connectivity index (χ1n) is 8.93. The number of carbonyl (C=O) groups is 1. The lowest BCUT2D eigenvalue weighted by molar-refractivity contribution is 0.0945. The fraction of sp³-hybridized carbons (Fsp3) is 0.143. The zero-order valence-electron chi connectivity index (χ0n) is 15.1. The minimum absolute atomic E-state index is 0.0903. The van der Waals surface area contributed by atoms with E-state index in [2.05, 4.69) is 15.5 Å². The fourth-order valence-electron chi connectivity index (χ4n) is 3.11. The Morgan fingerprint density at radius 1 is 1.07 bits per heavy atom. The molecule has 0 unspecified atom stereocenters. The molecule has 5 nitrogen and oxygen atoms in total. The van der Waals surface area contributed by atoms with E-state index in [9.17, 15) is 18.0 Å². The van der Waals surface area contributed by atoms with E-state index in [-0.39, 0.29) is 17.9 Å². The molecule has 2 aromatic heterocycles. The molecule has 0 saturated carbocycles. The number of benzene rings is 2. The van der Waals surface area contributed by atoms with Gasteiger partial charge in [0.25, 0.3) is 5.91 Å². The summed E-state index contributed by atoms with van der Waals surface area (Å²) in [6.07, 6.45) is 2.47. The molecule has 2 heterocycles. The van der Waals surface area contributed by atoms with Crippen molar-refractivity contribution in [2.24, 2.45) is 0 Å². The average molecular weight is 399 g/mol. The first-order chi connectivity index (χ1) is 14.0. The second kappa shape index (κ2) is 7.83. The third kappa shape index (κ3) is 4.16. The van der Waals surface area contributed by atoms with Crippen LogP contribution in [0, 0.1) is 17.5 Å². The molecule has 0 atom stereocenters. The molecular formula is C21H16F3N3O2. The van der Waals surface area contributed by atoms with E-state index in [0.29, 0.717) is 24.3 Å². The molecule has 0 spiro atoms. The van der Waals surface area contributed by atoms with Crippen molar-refractivity contribution in [2.45, 2.75) is 12.8 Å². The van der Waals surface area contributed by atoms with Gasteiger partial charge in [0, 0.05) is 36.1 Å². The van der Waals surface area contributed by atoms with Crippen molar-refractivity contribution >= 4 is 16.8 Å². The van der Waals surface area contributed by atoms with Gasteiger partial charge in [-0.2, -0.15) is 0 Å². The summed E-state index contributed by atoms with van der Waals surface area (Å²) in [5.41, 5.74) is 2.30. The van der Waals surface area contributed by atoms with Gasteiger partial charge >= 0.3 is 0 Å². The zero-order valence-corrected chi connectivity index (χ0v) is 15.1. The Morgan fingerprint density at radius 2 is 1.93 bits per heavy atom. The van der Waals surface area contributed by atoms with Crippen LogP contribution in [0.15, 0.2) is 53.2 Å². The van der Waals surface area contributed by atoms with E-state index >= 15 is 0 Å². The molecule has 0 fully saturated rings. The Kier molecular flexibility index (Phi) is 5.07. The zero-order chi connectivity index (χ0) is 20.4. The molecule has 0 aliphatic carbocycles. The Labute approximate surface area is 163 Å². The van der Waals surface area contributed by atoms with Crippen molar-refractivity contribution in [1.29, 1.82) is 0 Å². The van der Waals surface area contributed by atoms with Gasteiger partial charge in [0.05, 0.1) is 0 Å². The Hall–Kier alpha value is -3.55. The summed E-state index contributed by atoms with van der Waals surface area (Å²) < 4.78 is 44.8. The van der Waals surface area contributed by atoms with Gasteiger partial charge in [0.15, 0.2) is 17.3 Å². The molecule has 1 amide bonds. The van der Waals surface area contributed by atoms with Crippen LogP contribution in [0.25, 0.3) is 10.9 Å². The highest BCUT2D eigenvalue weighted by molar-refractivity contribution is 5.92. The summed E-state index contributed by atoms with van der Waals surface area (Å²) >= 11 is 0. The number of hydrogen-bond donors (Lipinski definition) is 2. The Morgan fingerprint density at radius 3 is 2.76 bits per heavy atom. The summed E-state index contributed by atoms with van der Waals surface area (Å²) in [7, 11) is 0. The molecule has 4 rings (SSSR count). The molecule has 2 N–H and O–H groups in total. The van der Waals surface area contributed by atoms with Crippen LogP contribution >= 0.6 is 0 Å². The molecule has 2 aromatic carbocycles. The van der Waals surface area contributed by atoms with Gasteiger partial charge in [0.1, 0.15) is 11.6 Å². The molecule has 0 radical (unpaired) electrons. The van der Waals surface area contributed by atoms with Gasteiger partial charge in [0.2, 0.25) is 0 Å². The van der Waals surface area contributed by atoms with Crippen molar-refractivity contribution in [3.05, 3.63) is 88.7 Å². The van der Waals surface area contributed by atoms with E-state index in [1.54, 1.807) is 12.3 Å². The van der Waals surface area contributed by atoms with Crippen molar-refractivity contribution in [3.63, 3.8) is 0 Å². The number of fused-ring (bicyclic) bond motifs is 1. The number of halogens is 3. The number of aromatic nitrogens is 2. The summed E-state index contributed by atoms with van der Waals surface area (Å²) in [5.74, 6) is -2.26. The maximum Gasteiger partial charge on any atom is 0.273 e. The fourth-order valence-corrected chi connectivity index (χ4v) is 3.11. The van der Waals surface area contributed by atoms with Crippen LogP contribution in [-0.2, 0) is 12.8 Å². The van der Waals surface area contributed by atoms with Gasteiger partial charge in [-0.25, -0.2) is 13.2 Å².